The van der Waals surface area contributed by atoms with Crippen LogP contribution in [0.2, 0.25) is 0 Å². The van der Waals surface area contributed by atoms with Gasteiger partial charge in [0.25, 0.3) is 0 Å². The van der Waals surface area contributed by atoms with Gasteiger partial charge < -0.3 is 5.32 Å². The number of anilines is 1. The number of rotatable bonds is 4. The van der Waals surface area contributed by atoms with E-state index in [1.165, 1.54) is 15.2 Å². The van der Waals surface area contributed by atoms with E-state index in [1.54, 1.807) is 23.1 Å². The number of fused-ring (bicyclic) bond motifs is 1. The first-order chi connectivity index (χ1) is 9.76. The lowest BCUT2D eigenvalue weighted by molar-refractivity contribution is 0.879. The average Bonchev–Trinajstić information content (AvgIpc) is 2.94. The van der Waals surface area contributed by atoms with E-state index in [4.69, 9.17) is 0 Å². The summed E-state index contributed by atoms with van der Waals surface area (Å²) in [6, 6.07) is 13.0. The topological polar surface area (TPSA) is 24.9 Å². The SMILES string of the molecule is CSc1cccc(NC(C)c2cnc3ccsc3c2)c1. The first kappa shape index (κ1) is 13.5. The zero-order valence-electron chi connectivity index (χ0n) is 11.5. The van der Waals surface area contributed by atoms with Crippen LogP contribution in [0.5, 0.6) is 0 Å². The Kier molecular flexibility index (Phi) is 3.94. The smallest absolute Gasteiger partial charge is 0.0809 e. The number of pyridine rings is 1. The minimum absolute atomic E-state index is 0.242. The van der Waals surface area contributed by atoms with E-state index in [1.807, 2.05) is 6.20 Å². The largest absolute Gasteiger partial charge is 0.378 e. The zero-order valence-corrected chi connectivity index (χ0v) is 13.1. The van der Waals surface area contributed by atoms with Crippen molar-refractivity contribution in [1.29, 1.82) is 0 Å². The molecule has 102 valence electrons. The molecule has 1 atom stereocenters. The second-order valence-electron chi connectivity index (χ2n) is 4.67. The molecule has 0 saturated carbocycles. The van der Waals surface area contributed by atoms with Gasteiger partial charge in [-0.15, -0.1) is 23.1 Å². The first-order valence-corrected chi connectivity index (χ1v) is 8.60. The predicted molar refractivity (Wildman–Crippen MR) is 89.9 cm³/mol. The Morgan fingerprint density at radius 2 is 2.15 bits per heavy atom. The van der Waals surface area contributed by atoms with Crippen molar-refractivity contribution >= 4 is 39.0 Å². The molecule has 0 bridgehead atoms. The van der Waals surface area contributed by atoms with E-state index in [2.05, 4.69) is 65.3 Å². The number of aromatic nitrogens is 1. The fourth-order valence-electron chi connectivity index (χ4n) is 2.14. The average molecular weight is 300 g/mol. The molecular weight excluding hydrogens is 284 g/mol. The quantitative estimate of drug-likeness (QED) is 0.671. The minimum Gasteiger partial charge on any atom is -0.378 e. The normalized spacial score (nSPS) is 12.5. The van der Waals surface area contributed by atoms with Crippen molar-refractivity contribution in [3.8, 4) is 0 Å². The van der Waals surface area contributed by atoms with Gasteiger partial charge in [0.15, 0.2) is 0 Å². The van der Waals surface area contributed by atoms with Gasteiger partial charge in [0.2, 0.25) is 0 Å². The summed E-state index contributed by atoms with van der Waals surface area (Å²) in [5.74, 6) is 0. The monoisotopic (exact) mass is 300 g/mol. The maximum atomic E-state index is 4.50. The molecule has 20 heavy (non-hydrogen) atoms. The van der Waals surface area contributed by atoms with Crippen LogP contribution in [0, 0.1) is 0 Å². The highest BCUT2D eigenvalue weighted by molar-refractivity contribution is 7.98. The third-order valence-electron chi connectivity index (χ3n) is 3.28. The summed E-state index contributed by atoms with van der Waals surface area (Å²) in [5.41, 5.74) is 3.44. The van der Waals surface area contributed by atoms with E-state index >= 15 is 0 Å². The van der Waals surface area contributed by atoms with Crippen LogP contribution in [-0.4, -0.2) is 11.2 Å². The predicted octanol–water partition coefficient (Wildman–Crippen LogP) is 5.19. The van der Waals surface area contributed by atoms with E-state index in [-0.39, 0.29) is 6.04 Å². The molecule has 0 spiro atoms. The van der Waals surface area contributed by atoms with Crippen LogP contribution in [0.15, 0.2) is 52.9 Å². The van der Waals surface area contributed by atoms with Crippen LogP contribution in [0.1, 0.15) is 18.5 Å². The van der Waals surface area contributed by atoms with Gasteiger partial charge in [-0.2, -0.15) is 0 Å². The highest BCUT2D eigenvalue weighted by Gasteiger charge is 2.08. The lowest BCUT2D eigenvalue weighted by Crippen LogP contribution is -2.06. The van der Waals surface area contributed by atoms with Gasteiger partial charge in [-0.05, 0) is 54.5 Å². The molecule has 2 aromatic heterocycles. The molecule has 1 N–H and O–H groups in total. The van der Waals surface area contributed by atoms with Crippen molar-refractivity contribution in [2.45, 2.75) is 17.9 Å². The molecule has 0 aliphatic carbocycles. The standard InChI is InChI=1S/C16H16N2S2/c1-11(18-13-4-3-5-14(9-13)19-2)12-8-16-15(17-10-12)6-7-20-16/h3-11,18H,1-2H3. The first-order valence-electron chi connectivity index (χ1n) is 6.50. The molecule has 0 radical (unpaired) electrons. The van der Waals surface area contributed by atoms with Crippen molar-refractivity contribution in [3.05, 3.63) is 53.5 Å². The minimum atomic E-state index is 0.242. The van der Waals surface area contributed by atoms with Gasteiger partial charge >= 0.3 is 0 Å². The summed E-state index contributed by atoms with van der Waals surface area (Å²) in [6.07, 6.45) is 4.06. The lowest BCUT2D eigenvalue weighted by Gasteiger charge is -2.16. The Labute approximate surface area is 127 Å². The number of nitrogens with one attached hydrogen (secondary N) is 1. The second kappa shape index (κ2) is 5.85. The molecule has 4 heteroatoms. The van der Waals surface area contributed by atoms with Gasteiger partial charge in [-0.3, -0.25) is 4.98 Å². The molecule has 0 aliphatic heterocycles. The van der Waals surface area contributed by atoms with Crippen molar-refractivity contribution in [2.24, 2.45) is 0 Å². The van der Waals surface area contributed by atoms with Crippen LogP contribution in [0.25, 0.3) is 10.2 Å². The van der Waals surface area contributed by atoms with Gasteiger partial charge in [0, 0.05) is 16.8 Å². The molecule has 0 fully saturated rings. The van der Waals surface area contributed by atoms with Crippen LogP contribution < -0.4 is 5.32 Å². The summed E-state index contributed by atoms with van der Waals surface area (Å²) in [6.45, 7) is 2.17. The molecule has 2 heterocycles. The molecule has 0 saturated heterocycles. The Balaban J connectivity index is 1.82. The second-order valence-corrected chi connectivity index (χ2v) is 6.50. The number of hydrogen-bond acceptors (Lipinski definition) is 4. The van der Waals surface area contributed by atoms with Crippen LogP contribution in [0.4, 0.5) is 5.69 Å². The van der Waals surface area contributed by atoms with Crippen LogP contribution >= 0.6 is 23.1 Å². The van der Waals surface area contributed by atoms with Gasteiger partial charge in [-0.25, -0.2) is 0 Å². The summed E-state index contributed by atoms with van der Waals surface area (Å²) in [5, 5.41) is 5.63. The Morgan fingerprint density at radius 3 is 3.00 bits per heavy atom. The van der Waals surface area contributed by atoms with Crippen molar-refractivity contribution in [2.75, 3.05) is 11.6 Å². The molecule has 3 rings (SSSR count). The van der Waals surface area contributed by atoms with Crippen molar-refractivity contribution in [3.63, 3.8) is 0 Å². The maximum Gasteiger partial charge on any atom is 0.0809 e. The molecular formula is C16H16N2S2. The summed E-state index contributed by atoms with van der Waals surface area (Å²) < 4.78 is 1.24. The molecule has 0 amide bonds. The van der Waals surface area contributed by atoms with E-state index in [0.717, 1.165) is 11.2 Å². The number of nitrogens with zero attached hydrogens (tertiary/aromatic N) is 1. The summed E-state index contributed by atoms with van der Waals surface area (Å²) in [7, 11) is 0. The van der Waals surface area contributed by atoms with E-state index in [9.17, 15) is 0 Å². The molecule has 1 aromatic carbocycles. The third kappa shape index (κ3) is 2.81. The fraction of sp³-hybridized carbons (Fsp3) is 0.188. The number of benzene rings is 1. The number of thiophene rings is 1. The number of thioether (sulfide) groups is 1. The van der Waals surface area contributed by atoms with Crippen molar-refractivity contribution < 1.29 is 0 Å². The highest BCUT2D eigenvalue weighted by Crippen LogP contribution is 2.26. The summed E-state index contributed by atoms with van der Waals surface area (Å²) in [4.78, 5) is 5.78. The highest BCUT2D eigenvalue weighted by atomic mass is 32.2. The van der Waals surface area contributed by atoms with Gasteiger partial charge in [0.1, 0.15) is 0 Å². The Morgan fingerprint density at radius 1 is 1.25 bits per heavy atom. The molecule has 3 aromatic rings. The van der Waals surface area contributed by atoms with Gasteiger partial charge in [-0.1, -0.05) is 6.07 Å². The Hall–Kier alpha value is -1.52. The van der Waals surface area contributed by atoms with Crippen molar-refractivity contribution in [1.82, 2.24) is 4.98 Å². The fourth-order valence-corrected chi connectivity index (χ4v) is 3.39. The Bertz CT molecular complexity index is 721. The summed E-state index contributed by atoms with van der Waals surface area (Å²) >= 11 is 3.50. The van der Waals surface area contributed by atoms with E-state index in [0.29, 0.717) is 0 Å². The number of hydrogen-bond donors (Lipinski definition) is 1. The lowest BCUT2D eigenvalue weighted by atomic mass is 10.1. The molecule has 0 aliphatic rings. The maximum absolute atomic E-state index is 4.50. The van der Waals surface area contributed by atoms with Gasteiger partial charge in [0.05, 0.1) is 16.3 Å². The van der Waals surface area contributed by atoms with Crippen LogP contribution in [0.3, 0.4) is 0 Å². The third-order valence-corrected chi connectivity index (χ3v) is 4.86. The molecule has 1 unspecified atom stereocenters. The zero-order chi connectivity index (χ0) is 13.9. The molecule has 2 nitrogen and oxygen atoms in total. The van der Waals surface area contributed by atoms with Crippen LogP contribution in [-0.2, 0) is 0 Å². The van der Waals surface area contributed by atoms with E-state index < -0.39 is 0 Å².